The highest BCUT2D eigenvalue weighted by Gasteiger charge is 2.21. The third-order valence-corrected chi connectivity index (χ3v) is 2.30. The molecule has 1 aromatic heterocycles. The summed E-state index contributed by atoms with van der Waals surface area (Å²) in [6.45, 7) is 0. The lowest BCUT2D eigenvalue weighted by Crippen LogP contribution is -2.08. The molecule has 1 heterocycles. The molecule has 7 heteroatoms. The first kappa shape index (κ1) is 13.6. The van der Waals surface area contributed by atoms with Crippen molar-refractivity contribution in [2.24, 2.45) is 0 Å². The molecule has 0 spiro atoms. The van der Waals surface area contributed by atoms with E-state index in [4.69, 9.17) is 16.3 Å². The fourth-order valence-corrected chi connectivity index (χ4v) is 1.50. The summed E-state index contributed by atoms with van der Waals surface area (Å²) < 4.78 is 34.4. The zero-order chi connectivity index (χ0) is 13.0. The van der Waals surface area contributed by atoms with Crippen molar-refractivity contribution in [3.63, 3.8) is 0 Å². The summed E-state index contributed by atoms with van der Waals surface area (Å²) in [4.78, 5) is 14.8. The molecule has 17 heavy (non-hydrogen) atoms. The van der Waals surface area contributed by atoms with Crippen LogP contribution in [0.15, 0.2) is 6.07 Å². The zero-order valence-corrected chi connectivity index (χ0v) is 9.92. The Labute approximate surface area is 101 Å². The van der Waals surface area contributed by atoms with Gasteiger partial charge in [0.05, 0.1) is 36.9 Å². The number of alkyl halides is 2. The molecule has 1 aromatic rings. The number of pyridine rings is 1. The van der Waals surface area contributed by atoms with Gasteiger partial charge in [-0.1, -0.05) is 11.6 Å². The van der Waals surface area contributed by atoms with Gasteiger partial charge in [0.1, 0.15) is 0 Å². The van der Waals surface area contributed by atoms with Crippen LogP contribution in [0.2, 0.25) is 5.02 Å². The molecule has 0 aromatic carbocycles. The van der Waals surface area contributed by atoms with Gasteiger partial charge in [-0.15, -0.1) is 0 Å². The van der Waals surface area contributed by atoms with Gasteiger partial charge in [-0.25, -0.2) is 13.8 Å². The van der Waals surface area contributed by atoms with Crippen LogP contribution in [0.1, 0.15) is 17.7 Å². The van der Waals surface area contributed by atoms with E-state index in [2.05, 4.69) is 9.72 Å². The SMILES string of the molecule is COC(=O)Cc1cc(Cl)c(C(F)F)c(OC)n1. The predicted octanol–water partition coefficient (Wildman–Crippen LogP) is 2.40. The maximum Gasteiger partial charge on any atom is 0.311 e. The molecule has 0 amide bonds. The molecule has 0 saturated carbocycles. The molecule has 0 N–H and O–H groups in total. The Morgan fingerprint density at radius 2 is 2.18 bits per heavy atom. The Hall–Kier alpha value is -1.43. The normalized spacial score (nSPS) is 10.5. The summed E-state index contributed by atoms with van der Waals surface area (Å²) in [5.74, 6) is -0.827. The smallest absolute Gasteiger partial charge is 0.311 e. The second-order valence-electron chi connectivity index (χ2n) is 3.07. The molecule has 4 nitrogen and oxygen atoms in total. The van der Waals surface area contributed by atoms with Crippen molar-refractivity contribution in [1.82, 2.24) is 4.98 Å². The largest absolute Gasteiger partial charge is 0.481 e. The molecule has 0 atom stereocenters. The molecule has 0 aliphatic carbocycles. The number of methoxy groups -OCH3 is 2. The molecule has 0 aliphatic rings. The molecule has 94 valence electrons. The van der Waals surface area contributed by atoms with Crippen LogP contribution in [-0.2, 0) is 16.0 Å². The van der Waals surface area contributed by atoms with Crippen molar-refractivity contribution in [2.45, 2.75) is 12.8 Å². The lowest BCUT2D eigenvalue weighted by molar-refractivity contribution is -0.139. The zero-order valence-electron chi connectivity index (χ0n) is 9.17. The van der Waals surface area contributed by atoms with Crippen LogP contribution in [-0.4, -0.2) is 25.2 Å². The second-order valence-corrected chi connectivity index (χ2v) is 3.48. The van der Waals surface area contributed by atoms with Gasteiger partial charge < -0.3 is 9.47 Å². The second kappa shape index (κ2) is 5.77. The van der Waals surface area contributed by atoms with Crippen LogP contribution in [0.25, 0.3) is 0 Å². The van der Waals surface area contributed by atoms with E-state index in [0.717, 1.165) is 0 Å². The maximum absolute atomic E-state index is 12.6. The van der Waals surface area contributed by atoms with E-state index in [1.165, 1.54) is 20.3 Å². The number of carbonyl (C=O) groups is 1. The monoisotopic (exact) mass is 265 g/mol. The van der Waals surface area contributed by atoms with E-state index >= 15 is 0 Å². The predicted molar refractivity (Wildman–Crippen MR) is 56.5 cm³/mol. The Bertz CT molecular complexity index is 426. The number of hydrogen-bond acceptors (Lipinski definition) is 4. The average molecular weight is 266 g/mol. The summed E-state index contributed by atoms with van der Waals surface area (Å²) in [6.07, 6.45) is -2.95. The summed E-state index contributed by atoms with van der Waals surface area (Å²) in [6, 6.07) is 1.20. The number of carbonyl (C=O) groups excluding carboxylic acids is 1. The van der Waals surface area contributed by atoms with Crippen LogP contribution < -0.4 is 4.74 Å². The highest BCUT2D eigenvalue weighted by Crippen LogP contribution is 2.34. The Morgan fingerprint density at radius 1 is 1.53 bits per heavy atom. The van der Waals surface area contributed by atoms with E-state index < -0.39 is 18.0 Å². The highest BCUT2D eigenvalue weighted by molar-refractivity contribution is 6.31. The topological polar surface area (TPSA) is 48.4 Å². The Balaban J connectivity index is 3.13. The summed E-state index contributed by atoms with van der Waals surface area (Å²) >= 11 is 5.68. The van der Waals surface area contributed by atoms with Gasteiger partial charge in [0, 0.05) is 0 Å². The van der Waals surface area contributed by atoms with Crippen molar-refractivity contribution < 1.29 is 23.0 Å². The van der Waals surface area contributed by atoms with E-state index in [9.17, 15) is 13.6 Å². The number of hydrogen-bond donors (Lipinski definition) is 0. The first-order valence-electron chi connectivity index (χ1n) is 4.57. The number of esters is 1. The number of aromatic nitrogens is 1. The first-order chi connectivity index (χ1) is 7.99. The third kappa shape index (κ3) is 3.26. The summed E-state index contributed by atoms with van der Waals surface area (Å²) in [5.41, 5.74) is -0.272. The van der Waals surface area contributed by atoms with Crippen molar-refractivity contribution in [3.05, 3.63) is 22.3 Å². The molecular weight excluding hydrogens is 256 g/mol. The van der Waals surface area contributed by atoms with Gasteiger partial charge in [-0.3, -0.25) is 4.79 Å². The fraction of sp³-hybridized carbons (Fsp3) is 0.400. The maximum atomic E-state index is 12.6. The van der Waals surface area contributed by atoms with Gasteiger partial charge >= 0.3 is 5.97 Å². The van der Waals surface area contributed by atoms with Gasteiger partial charge in [0.15, 0.2) is 0 Å². The van der Waals surface area contributed by atoms with Crippen molar-refractivity contribution in [1.29, 1.82) is 0 Å². The number of rotatable bonds is 4. The number of nitrogens with zero attached hydrogens (tertiary/aromatic N) is 1. The van der Waals surface area contributed by atoms with Gasteiger partial charge in [0.2, 0.25) is 5.88 Å². The Kier molecular flexibility index (Phi) is 4.62. The van der Waals surface area contributed by atoms with Gasteiger partial charge in [-0.05, 0) is 6.07 Å². The molecule has 0 aliphatic heterocycles. The first-order valence-corrected chi connectivity index (χ1v) is 4.95. The van der Waals surface area contributed by atoms with Crippen molar-refractivity contribution >= 4 is 17.6 Å². The summed E-state index contributed by atoms with van der Waals surface area (Å²) in [7, 11) is 2.42. The molecule has 0 radical (unpaired) electrons. The van der Waals surface area contributed by atoms with Crippen molar-refractivity contribution in [3.8, 4) is 5.88 Å². The number of ether oxygens (including phenoxy) is 2. The molecule has 0 bridgehead atoms. The molecule has 0 saturated heterocycles. The van der Waals surface area contributed by atoms with E-state index in [-0.39, 0.29) is 23.0 Å². The third-order valence-electron chi connectivity index (χ3n) is 1.99. The quantitative estimate of drug-likeness (QED) is 0.785. The van der Waals surface area contributed by atoms with Crippen LogP contribution in [0, 0.1) is 0 Å². The lowest BCUT2D eigenvalue weighted by Gasteiger charge is -2.10. The highest BCUT2D eigenvalue weighted by atomic mass is 35.5. The number of halogens is 3. The Morgan fingerprint density at radius 3 is 2.65 bits per heavy atom. The van der Waals surface area contributed by atoms with Gasteiger partial charge in [-0.2, -0.15) is 0 Å². The van der Waals surface area contributed by atoms with E-state index in [0.29, 0.717) is 0 Å². The van der Waals surface area contributed by atoms with Gasteiger partial charge in [0.25, 0.3) is 6.43 Å². The standard InChI is InChI=1S/C10H10ClF2NO3/c1-16-7(15)4-5-3-6(11)8(9(12)13)10(14-5)17-2/h3,9H,4H2,1-2H3. The van der Waals surface area contributed by atoms with E-state index in [1.54, 1.807) is 0 Å². The molecule has 1 rings (SSSR count). The lowest BCUT2D eigenvalue weighted by atomic mass is 10.2. The molecule has 0 fully saturated rings. The van der Waals surface area contributed by atoms with Crippen LogP contribution in [0.4, 0.5) is 8.78 Å². The molecule has 0 unspecified atom stereocenters. The van der Waals surface area contributed by atoms with Crippen molar-refractivity contribution in [2.75, 3.05) is 14.2 Å². The average Bonchev–Trinajstić information content (AvgIpc) is 2.27. The van der Waals surface area contributed by atoms with Crippen LogP contribution >= 0.6 is 11.6 Å². The summed E-state index contributed by atoms with van der Waals surface area (Å²) in [5, 5.41) is -0.189. The fourth-order valence-electron chi connectivity index (χ4n) is 1.21. The molecular formula is C10H10ClF2NO3. The van der Waals surface area contributed by atoms with Crippen LogP contribution in [0.5, 0.6) is 5.88 Å². The minimum atomic E-state index is -2.79. The van der Waals surface area contributed by atoms with E-state index in [1.807, 2.05) is 0 Å². The minimum Gasteiger partial charge on any atom is -0.481 e. The minimum absolute atomic E-state index is 0.157. The van der Waals surface area contributed by atoms with Crippen LogP contribution in [0.3, 0.4) is 0 Å².